The first-order chi connectivity index (χ1) is 9.52. The number of nitrogens with zero attached hydrogens (tertiary/aromatic N) is 1. The molecule has 0 atom stereocenters. The molecule has 0 fully saturated rings. The second-order valence-electron chi connectivity index (χ2n) is 4.18. The van der Waals surface area contributed by atoms with Gasteiger partial charge >= 0.3 is 0 Å². The quantitative estimate of drug-likeness (QED) is 0.300. The van der Waals surface area contributed by atoms with Crippen molar-refractivity contribution in [3.8, 4) is 17.2 Å². The molecular formula is C14H12FNO4. The van der Waals surface area contributed by atoms with E-state index in [-0.39, 0.29) is 23.5 Å². The van der Waals surface area contributed by atoms with Crippen LogP contribution in [0, 0.1) is 5.82 Å². The zero-order valence-electron chi connectivity index (χ0n) is 10.3. The molecule has 2 rings (SSSR count). The fourth-order valence-corrected chi connectivity index (χ4v) is 1.78. The molecular weight excluding hydrogens is 265 g/mol. The molecule has 4 N–H and O–H groups in total. The van der Waals surface area contributed by atoms with Crippen molar-refractivity contribution in [2.24, 2.45) is 5.16 Å². The Labute approximate surface area is 113 Å². The second-order valence-corrected chi connectivity index (χ2v) is 4.18. The standard InChI is InChI=1S/C14H12FNO4/c15-9-3-1-8(2-4-9)7-11(16-20)10-5-6-12(17)14(19)13(10)18/h1-6,17-20H,7H2/b16-11+. The van der Waals surface area contributed by atoms with E-state index in [1.54, 1.807) is 0 Å². The van der Waals surface area contributed by atoms with Crippen molar-refractivity contribution in [3.63, 3.8) is 0 Å². The Morgan fingerprint density at radius 1 is 0.950 bits per heavy atom. The Bertz CT molecular complexity index is 653. The molecule has 0 saturated carbocycles. The van der Waals surface area contributed by atoms with E-state index in [9.17, 15) is 19.7 Å². The van der Waals surface area contributed by atoms with Gasteiger partial charge in [0.1, 0.15) is 5.82 Å². The van der Waals surface area contributed by atoms with Crippen LogP contribution in [-0.4, -0.2) is 26.2 Å². The zero-order chi connectivity index (χ0) is 14.7. The highest BCUT2D eigenvalue weighted by Gasteiger charge is 2.16. The minimum absolute atomic E-state index is 0.0735. The first-order valence-corrected chi connectivity index (χ1v) is 5.72. The van der Waals surface area contributed by atoms with Gasteiger partial charge in [-0.3, -0.25) is 0 Å². The average Bonchev–Trinajstić information content (AvgIpc) is 2.45. The Morgan fingerprint density at radius 3 is 2.20 bits per heavy atom. The normalized spacial score (nSPS) is 11.6. The molecule has 0 aliphatic carbocycles. The number of benzene rings is 2. The molecule has 0 amide bonds. The van der Waals surface area contributed by atoms with Crippen LogP contribution in [0.4, 0.5) is 4.39 Å². The Balaban J connectivity index is 2.34. The summed E-state index contributed by atoms with van der Waals surface area (Å²) < 4.78 is 12.8. The maximum atomic E-state index is 12.8. The predicted octanol–water partition coefficient (Wildman–Crippen LogP) is 2.36. The summed E-state index contributed by atoms with van der Waals surface area (Å²) in [4.78, 5) is 0. The van der Waals surface area contributed by atoms with Gasteiger partial charge in [0.2, 0.25) is 5.75 Å². The molecule has 6 heteroatoms. The number of halogens is 1. The topological polar surface area (TPSA) is 93.3 Å². The number of oxime groups is 1. The van der Waals surface area contributed by atoms with E-state index in [1.165, 1.54) is 36.4 Å². The van der Waals surface area contributed by atoms with E-state index in [1.807, 2.05) is 0 Å². The molecule has 20 heavy (non-hydrogen) atoms. The lowest BCUT2D eigenvalue weighted by atomic mass is 10.0. The van der Waals surface area contributed by atoms with Gasteiger partial charge in [-0.2, -0.15) is 0 Å². The summed E-state index contributed by atoms with van der Waals surface area (Å²) in [5.74, 6) is -2.14. The van der Waals surface area contributed by atoms with Gasteiger partial charge in [-0.25, -0.2) is 4.39 Å². The van der Waals surface area contributed by atoms with Crippen LogP contribution < -0.4 is 0 Å². The highest BCUT2D eigenvalue weighted by Crippen LogP contribution is 2.37. The molecule has 5 nitrogen and oxygen atoms in total. The molecule has 0 aliphatic rings. The first kappa shape index (κ1) is 13.7. The van der Waals surface area contributed by atoms with Gasteiger partial charge in [0.25, 0.3) is 0 Å². The lowest BCUT2D eigenvalue weighted by Gasteiger charge is -2.09. The van der Waals surface area contributed by atoms with Gasteiger partial charge in [0.05, 0.1) is 5.71 Å². The van der Waals surface area contributed by atoms with Crippen molar-refractivity contribution in [2.45, 2.75) is 6.42 Å². The number of hydrogen-bond donors (Lipinski definition) is 4. The predicted molar refractivity (Wildman–Crippen MR) is 69.9 cm³/mol. The van der Waals surface area contributed by atoms with Crippen LogP contribution >= 0.6 is 0 Å². The molecule has 0 aliphatic heterocycles. The monoisotopic (exact) mass is 277 g/mol. The molecule has 2 aromatic carbocycles. The summed E-state index contributed by atoms with van der Waals surface area (Å²) in [6.07, 6.45) is 0.120. The maximum absolute atomic E-state index is 12.8. The van der Waals surface area contributed by atoms with Crippen LogP contribution in [0.2, 0.25) is 0 Å². The third-order valence-electron chi connectivity index (χ3n) is 2.85. The number of phenols is 3. The van der Waals surface area contributed by atoms with E-state index >= 15 is 0 Å². The fourth-order valence-electron chi connectivity index (χ4n) is 1.78. The van der Waals surface area contributed by atoms with Crippen LogP contribution in [0.1, 0.15) is 11.1 Å². The summed E-state index contributed by atoms with van der Waals surface area (Å²) in [7, 11) is 0. The fraction of sp³-hybridized carbons (Fsp3) is 0.0714. The summed E-state index contributed by atoms with van der Waals surface area (Å²) in [5, 5.41) is 40.5. The van der Waals surface area contributed by atoms with Crippen LogP contribution in [0.25, 0.3) is 0 Å². The van der Waals surface area contributed by atoms with Gasteiger partial charge in [-0.05, 0) is 29.8 Å². The lowest BCUT2D eigenvalue weighted by molar-refractivity contribution is 0.317. The lowest BCUT2D eigenvalue weighted by Crippen LogP contribution is -2.06. The Hall–Kier alpha value is -2.76. The molecule has 104 valence electrons. The number of aromatic hydroxyl groups is 3. The van der Waals surface area contributed by atoms with Crippen LogP contribution in [0.15, 0.2) is 41.6 Å². The van der Waals surface area contributed by atoms with Crippen molar-refractivity contribution in [1.29, 1.82) is 0 Å². The number of rotatable bonds is 3. The highest BCUT2D eigenvalue weighted by atomic mass is 19.1. The maximum Gasteiger partial charge on any atom is 0.200 e. The first-order valence-electron chi connectivity index (χ1n) is 5.72. The van der Waals surface area contributed by atoms with Gasteiger partial charge in [-0.1, -0.05) is 17.3 Å². The number of hydrogen-bond acceptors (Lipinski definition) is 5. The van der Waals surface area contributed by atoms with E-state index in [0.29, 0.717) is 5.56 Å². The second kappa shape index (κ2) is 5.48. The van der Waals surface area contributed by atoms with E-state index < -0.39 is 17.2 Å². The van der Waals surface area contributed by atoms with Crippen molar-refractivity contribution in [3.05, 3.63) is 53.3 Å². The molecule has 0 aromatic heterocycles. The van der Waals surface area contributed by atoms with Crippen molar-refractivity contribution in [2.75, 3.05) is 0 Å². The third kappa shape index (κ3) is 2.64. The van der Waals surface area contributed by atoms with E-state index in [0.717, 1.165) is 0 Å². The SMILES string of the molecule is O/N=C(\Cc1ccc(F)cc1)c1ccc(O)c(O)c1O. The molecule has 0 saturated heterocycles. The zero-order valence-corrected chi connectivity index (χ0v) is 10.3. The molecule has 0 bridgehead atoms. The van der Waals surface area contributed by atoms with Gasteiger partial charge in [0, 0.05) is 12.0 Å². The number of phenolic OH excluding ortho intramolecular Hbond substituents is 3. The van der Waals surface area contributed by atoms with Crippen molar-refractivity contribution < 1.29 is 24.9 Å². The largest absolute Gasteiger partial charge is 0.504 e. The minimum atomic E-state index is -0.692. The summed E-state index contributed by atoms with van der Waals surface area (Å²) in [6, 6.07) is 8.02. The summed E-state index contributed by atoms with van der Waals surface area (Å²) in [6.45, 7) is 0. The van der Waals surface area contributed by atoms with Gasteiger partial charge in [-0.15, -0.1) is 0 Å². The Morgan fingerprint density at radius 2 is 1.60 bits per heavy atom. The van der Waals surface area contributed by atoms with Crippen LogP contribution in [0.5, 0.6) is 17.2 Å². The molecule has 0 unspecified atom stereocenters. The molecule has 0 radical (unpaired) electrons. The van der Waals surface area contributed by atoms with Crippen molar-refractivity contribution >= 4 is 5.71 Å². The van der Waals surface area contributed by atoms with Crippen molar-refractivity contribution in [1.82, 2.24) is 0 Å². The minimum Gasteiger partial charge on any atom is -0.504 e. The Kier molecular flexibility index (Phi) is 3.74. The highest BCUT2D eigenvalue weighted by molar-refractivity contribution is 6.04. The molecule has 2 aromatic rings. The van der Waals surface area contributed by atoms with Gasteiger partial charge < -0.3 is 20.5 Å². The van der Waals surface area contributed by atoms with E-state index in [4.69, 9.17) is 5.21 Å². The van der Waals surface area contributed by atoms with Crippen LogP contribution in [-0.2, 0) is 6.42 Å². The van der Waals surface area contributed by atoms with E-state index in [2.05, 4.69) is 5.16 Å². The summed E-state index contributed by atoms with van der Waals surface area (Å²) >= 11 is 0. The van der Waals surface area contributed by atoms with Crippen LogP contribution in [0.3, 0.4) is 0 Å². The van der Waals surface area contributed by atoms with Gasteiger partial charge in [0.15, 0.2) is 11.5 Å². The third-order valence-corrected chi connectivity index (χ3v) is 2.85. The average molecular weight is 277 g/mol. The smallest absolute Gasteiger partial charge is 0.200 e. The molecule has 0 heterocycles. The molecule has 0 spiro atoms. The summed E-state index contributed by atoms with van der Waals surface area (Å²) in [5.41, 5.74) is 0.808.